The van der Waals surface area contributed by atoms with Crippen LogP contribution in [0, 0.1) is 5.92 Å². The van der Waals surface area contributed by atoms with Crippen molar-refractivity contribution in [2.45, 2.75) is 32.7 Å². The molecule has 0 radical (unpaired) electrons. The van der Waals surface area contributed by atoms with Crippen LogP contribution in [0.25, 0.3) is 0 Å². The second kappa shape index (κ2) is 6.66. The Bertz CT molecular complexity index is 309. The Morgan fingerprint density at radius 1 is 1.56 bits per heavy atom. The van der Waals surface area contributed by atoms with Gasteiger partial charge in [-0.1, -0.05) is 13.8 Å². The molecule has 0 saturated carbocycles. The Kier molecular flexibility index (Phi) is 5.49. The average molecular weight is 241 g/mol. The van der Waals surface area contributed by atoms with Crippen LogP contribution < -0.4 is 5.32 Å². The molecule has 0 amide bonds. The SMILES string of the molecule is CC(C)CC(NCCc1ccsc1)C(=O)O. The molecule has 0 aliphatic heterocycles. The minimum Gasteiger partial charge on any atom is -0.480 e. The van der Waals surface area contributed by atoms with Gasteiger partial charge < -0.3 is 10.4 Å². The van der Waals surface area contributed by atoms with Crippen LogP contribution in [0.1, 0.15) is 25.8 Å². The molecular formula is C12H19NO2S. The van der Waals surface area contributed by atoms with E-state index >= 15 is 0 Å². The number of carboxylic acid groups (broad SMARTS) is 1. The molecule has 4 heteroatoms. The van der Waals surface area contributed by atoms with Gasteiger partial charge in [-0.2, -0.15) is 11.3 Å². The third kappa shape index (κ3) is 4.77. The van der Waals surface area contributed by atoms with Gasteiger partial charge in [0.1, 0.15) is 6.04 Å². The lowest BCUT2D eigenvalue weighted by Gasteiger charge is -2.16. The van der Waals surface area contributed by atoms with Gasteiger partial charge in [0, 0.05) is 0 Å². The molecule has 1 unspecified atom stereocenters. The van der Waals surface area contributed by atoms with Crippen molar-refractivity contribution in [3.63, 3.8) is 0 Å². The third-order valence-corrected chi connectivity index (χ3v) is 3.12. The van der Waals surface area contributed by atoms with Crippen LogP contribution in [0.5, 0.6) is 0 Å². The summed E-state index contributed by atoms with van der Waals surface area (Å²) in [4.78, 5) is 11.0. The van der Waals surface area contributed by atoms with Gasteiger partial charge in [0.2, 0.25) is 0 Å². The average Bonchev–Trinajstić information content (AvgIpc) is 2.68. The number of aliphatic carboxylic acids is 1. The van der Waals surface area contributed by atoms with Gasteiger partial charge in [-0.3, -0.25) is 4.79 Å². The molecule has 1 heterocycles. The van der Waals surface area contributed by atoms with Crippen LogP contribution in [0.15, 0.2) is 16.8 Å². The first-order valence-corrected chi connectivity index (χ1v) is 6.51. The van der Waals surface area contributed by atoms with Crippen LogP contribution in [-0.2, 0) is 11.2 Å². The molecule has 0 fully saturated rings. The summed E-state index contributed by atoms with van der Waals surface area (Å²) in [5.74, 6) is -0.353. The first kappa shape index (κ1) is 13.2. The van der Waals surface area contributed by atoms with Crippen molar-refractivity contribution < 1.29 is 9.90 Å². The number of nitrogens with one attached hydrogen (secondary N) is 1. The Morgan fingerprint density at radius 2 is 2.31 bits per heavy atom. The topological polar surface area (TPSA) is 49.3 Å². The van der Waals surface area contributed by atoms with Gasteiger partial charge >= 0.3 is 5.97 Å². The normalized spacial score (nSPS) is 12.9. The summed E-state index contributed by atoms with van der Waals surface area (Å²) in [6.07, 6.45) is 1.57. The molecule has 0 saturated heterocycles. The molecule has 0 aromatic carbocycles. The minimum atomic E-state index is -0.751. The van der Waals surface area contributed by atoms with Crippen molar-refractivity contribution in [3.05, 3.63) is 22.4 Å². The van der Waals surface area contributed by atoms with Crippen LogP contribution >= 0.6 is 11.3 Å². The second-order valence-electron chi connectivity index (χ2n) is 4.36. The molecule has 1 atom stereocenters. The first-order valence-electron chi connectivity index (χ1n) is 5.57. The molecule has 2 N–H and O–H groups in total. The standard InChI is InChI=1S/C12H19NO2S/c1-9(2)7-11(12(14)15)13-5-3-10-4-6-16-8-10/h4,6,8-9,11,13H,3,5,7H2,1-2H3,(H,14,15). The molecule has 0 bridgehead atoms. The maximum absolute atomic E-state index is 11.0. The highest BCUT2D eigenvalue weighted by Crippen LogP contribution is 2.07. The molecule has 1 aromatic rings. The van der Waals surface area contributed by atoms with Gasteiger partial charge in [0.05, 0.1) is 0 Å². The zero-order chi connectivity index (χ0) is 12.0. The number of thiophene rings is 1. The van der Waals surface area contributed by atoms with E-state index in [0.717, 1.165) is 13.0 Å². The lowest BCUT2D eigenvalue weighted by Crippen LogP contribution is -2.38. The highest BCUT2D eigenvalue weighted by molar-refractivity contribution is 7.07. The van der Waals surface area contributed by atoms with Crippen LogP contribution in [0.3, 0.4) is 0 Å². The van der Waals surface area contributed by atoms with Gasteiger partial charge in [-0.05, 0) is 47.7 Å². The van der Waals surface area contributed by atoms with E-state index in [9.17, 15) is 4.79 Å². The fourth-order valence-corrected chi connectivity index (χ4v) is 2.27. The van der Waals surface area contributed by atoms with E-state index in [1.165, 1.54) is 5.56 Å². The highest BCUT2D eigenvalue weighted by atomic mass is 32.1. The summed E-state index contributed by atoms with van der Waals surface area (Å²) in [7, 11) is 0. The van der Waals surface area contributed by atoms with E-state index < -0.39 is 12.0 Å². The molecule has 0 spiro atoms. The zero-order valence-corrected chi connectivity index (χ0v) is 10.6. The molecular weight excluding hydrogens is 222 g/mol. The molecule has 1 rings (SSSR count). The zero-order valence-electron chi connectivity index (χ0n) is 9.77. The molecule has 90 valence electrons. The van der Waals surface area contributed by atoms with E-state index in [4.69, 9.17) is 5.11 Å². The van der Waals surface area contributed by atoms with E-state index in [1.807, 2.05) is 19.2 Å². The Balaban J connectivity index is 2.30. The van der Waals surface area contributed by atoms with Crippen molar-refractivity contribution in [2.24, 2.45) is 5.92 Å². The quantitative estimate of drug-likeness (QED) is 0.770. The summed E-state index contributed by atoms with van der Waals surface area (Å²) < 4.78 is 0. The van der Waals surface area contributed by atoms with Gasteiger partial charge in [-0.15, -0.1) is 0 Å². The second-order valence-corrected chi connectivity index (χ2v) is 5.14. The van der Waals surface area contributed by atoms with Gasteiger partial charge in [0.25, 0.3) is 0 Å². The van der Waals surface area contributed by atoms with Crippen LogP contribution in [-0.4, -0.2) is 23.7 Å². The minimum absolute atomic E-state index is 0.398. The monoisotopic (exact) mass is 241 g/mol. The predicted molar refractivity (Wildman–Crippen MR) is 66.9 cm³/mol. The third-order valence-electron chi connectivity index (χ3n) is 2.39. The van der Waals surface area contributed by atoms with Crippen LogP contribution in [0.2, 0.25) is 0 Å². The summed E-state index contributed by atoms with van der Waals surface area (Å²) in [6.45, 7) is 4.80. The van der Waals surface area contributed by atoms with E-state index in [2.05, 4.69) is 16.8 Å². The van der Waals surface area contributed by atoms with Crippen LogP contribution in [0.4, 0.5) is 0 Å². The van der Waals surface area contributed by atoms with E-state index in [0.29, 0.717) is 12.3 Å². The smallest absolute Gasteiger partial charge is 0.320 e. The molecule has 16 heavy (non-hydrogen) atoms. The Hall–Kier alpha value is -0.870. The summed E-state index contributed by atoms with van der Waals surface area (Å²) in [5, 5.41) is 16.2. The van der Waals surface area contributed by atoms with Crippen molar-refractivity contribution in [3.8, 4) is 0 Å². The fraction of sp³-hybridized carbons (Fsp3) is 0.583. The molecule has 1 aromatic heterocycles. The Morgan fingerprint density at radius 3 is 2.81 bits per heavy atom. The van der Waals surface area contributed by atoms with Crippen molar-refractivity contribution in [2.75, 3.05) is 6.54 Å². The lowest BCUT2D eigenvalue weighted by molar-refractivity contribution is -0.139. The summed E-state index contributed by atoms with van der Waals surface area (Å²) in [6, 6.07) is 1.66. The van der Waals surface area contributed by atoms with Gasteiger partial charge in [0.15, 0.2) is 0 Å². The fourth-order valence-electron chi connectivity index (χ4n) is 1.57. The predicted octanol–water partition coefficient (Wildman–Crippen LogP) is 2.38. The lowest BCUT2D eigenvalue weighted by atomic mass is 10.0. The molecule has 0 aliphatic rings. The highest BCUT2D eigenvalue weighted by Gasteiger charge is 2.17. The maximum atomic E-state index is 11.0. The summed E-state index contributed by atoms with van der Waals surface area (Å²) >= 11 is 1.67. The van der Waals surface area contributed by atoms with E-state index in [-0.39, 0.29) is 0 Å². The summed E-state index contributed by atoms with van der Waals surface area (Å²) in [5.41, 5.74) is 1.27. The number of hydrogen-bond donors (Lipinski definition) is 2. The van der Waals surface area contributed by atoms with Crippen molar-refractivity contribution in [1.82, 2.24) is 5.32 Å². The number of rotatable bonds is 7. The molecule has 3 nitrogen and oxygen atoms in total. The largest absolute Gasteiger partial charge is 0.480 e. The van der Waals surface area contributed by atoms with Crippen molar-refractivity contribution >= 4 is 17.3 Å². The first-order chi connectivity index (χ1) is 7.59. The van der Waals surface area contributed by atoms with Gasteiger partial charge in [-0.25, -0.2) is 0 Å². The number of hydrogen-bond acceptors (Lipinski definition) is 3. The molecule has 0 aliphatic carbocycles. The van der Waals surface area contributed by atoms with E-state index in [1.54, 1.807) is 11.3 Å². The Labute approximate surface area is 100 Å². The number of carbonyl (C=O) groups is 1. The van der Waals surface area contributed by atoms with Crippen molar-refractivity contribution in [1.29, 1.82) is 0 Å². The number of carboxylic acids is 1. The maximum Gasteiger partial charge on any atom is 0.320 e.